The molecular formula is C21H27FN2O5S. The van der Waals surface area contributed by atoms with Crippen LogP contribution in [-0.4, -0.2) is 48.7 Å². The Labute approximate surface area is 176 Å². The van der Waals surface area contributed by atoms with E-state index < -0.39 is 33.6 Å². The number of halogens is 1. The van der Waals surface area contributed by atoms with Crippen molar-refractivity contribution in [1.82, 2.24) is 8.87 Å². The highest BCUT2D eigenvalue weighted by Crippen LogP contribution is 2.27. The van der Waals surface area contributed by atoms with Crippen LogP contribution in [0.2, 0.25) is 0 Å². The smallest absolute Gasteiger partial charge is 0.354 e. The highest BCUT2D eigenvalue weighted by molar-refractivity contribution is 7.89. The number of nitrogens with zero attached hydrogens (tertiary/aromatic N) is 2. The number of methoxy groups -OCH3 is 1. The quantitative estimate of drug-likeness (QED) is 0.467. The van der Waals surface area contributed by atoms with Crippen LogP contribution in [0.5, 0.6) is 0 Å². The molecule has 1 aromatic heterocycles. The van der Waals surface area contributed by atoms with Gasteiger partial charge in [0.1, 0.15) is 11.5 Å². The largest absolute Gasteiger partial charge is 0.464 e. The van der Waals surface area contributed by atoms with Crippen LogP contribution in [0.4, 0.5) is 4.39 Å². The molecule has 0 aliphatic carbocycles. The maximum atomic E-state index is 13.4. The summed E-state index contributed by atoms with van der Waals surface area (Å²) in [6.07, 6.45) is 0.484. The van der Waals surface area contributed by atoms with Gasteiger partial charge in [0.15, 0.2) is 5.78 Å². The molecule has 7 nitrogen and oxygen atoms in total. The number of ether oxygens (including phenoxy) is 1. The van der Waals surface area contributed by atoms with E-state index >= 15 is 0 Å². The van der Waals surface area contributed by atoms with E-state index in [1.54, 1.807) is 32.4 Å². The zero-order chi connectivity index (χ0) is 22.8. The summed E-state index contributed by atoms with van der Waals surface area (Å²) in [4.78, 5) is 25.4. The first kappa shape index (κ1) is 23.8. The van der Waals surface area contributed by atoms with E-state index in [9.17, 15) is 22.4 Å². The Hall–Kier alpha value is -2.52. The lowest BCUT2D eigenvalue weighted by atomic mass is 10.0. The van der Waals surface area contributed by atoms with Gasteiger partial charge in [-0.1, -0.05) is 6.92 Å². The minimum Gasteiger partial charge on any atom is -0.464 e. The molecule has 0 bridgehead atoms. The summed E-state index contributed by atoms with van der Waals surface area (Å²) in [7, 11) is -1.13. The molecule has 1 atom stereocenters. The van der Waals surface area contributed by atoms with Crippen molar-refractivity contribution in [3.05, 3.63) is 52.6 Å². The highest BCUT2D eigenvalue weighted by atomic mass is 32.2. The van der Waals surface area contributed by atoms with Crippen LogP contribution >= 0.6 is 0 Å². The third-order valence-electron chi connectivity index (χ3n) is 5.23. The van der Waals surface area contributed by atoms with Crippen LogP contribution < -0.4 is 0 Å². The minimum atomic E-state index is -4.03. The molecule has 2 aromatic rings. The summed E-state index contributed by atoms with van der Waals surface area (Å²) in [5, 5.41) is 0. The summed E-state index contributed by atoms with van der Waals surface area (Å²) < 4.78 is 47.1. The molecule has 1 heterocycles. The third kappa shape index (κ3) is 4.17. The molecule has 0 saturated heterocycles. The van der Waals surface area contributed by atoms with E-state index in [2.05, 4.69) is 0 Å². The summed E-state index contributed by atoms with van der Waals surface area (Å²) in [6.45, 7) is 6.76. The second-order valence-electron chi connectivity index (χ2n) is 7.09. The molecular weight excluding hydrogens is 411 g/mol. The lowest BCUT2D eigenvalue weighted by Gasteiger charge is -2.27. The fourth-order valence-corrected chi connectivity index (χ4v) is 5.24. The number of hydrogen-bond donors (Lipinski definition) is 0. The van der Waals surface area contributed by atoms with E-state index in [1.807, 2.05) is 0 Å². The molecule has 0 unspecified atom stereocenters. The van der Waals surface area contributed by atoms with E-state index in [4.69, 9.17) is 4.74 Å². The molecule has 0 spiro atoms. The van der Waals surface area contributed by atoms with Crippen LogP contribution in [-0.2, 0) is 21.8 Å². The van der Waals surface area contributed by atoms with Crippen molar-refractivity contribution < 1.29 is 27.1 Å². The average Bonchev–Trinajstić information content (AvgIpc) is 2.93. The molecule has 164 valence electrons. The topological polar surface area (TPSA) is 85.7 Å². The second kappa shape index (κ2) is 9.09. The number of ketones is 1. The fraction of sp³-hybridized carbons (Fsp3) is 0.429. The summed E-state index contributed by atoms with van der Waals surface area (Å²) >= 11 is 0. The number of benzene rings is 1. The number of aromatic nitrogens is 1. The van der Waals surface area contributed by atoms with Crippen molar-refractivity contribution >= 4 is 21.8 Å². The van der Waals surface area contributed by atoms with Crippen LogP contribution in [0.25, 0.3) is 0 Å². The van der Waals surface area contributed by atoms with Crippen molar-refractivity contribution in [2.45, 2.75) is 45.1 Å². The fourth-order valence-electron chi connectivity index (χ4n) is 3.55. The number of carbonyl (C=O) groups excluding carboxylic acids is 2. The molecule has 0 radical (unpaired) electrons. The van der Waals surface area contributed by atoms with Gasteiger partial charge in [0.25, 0.3) is 0 Å². The maximum Gasteiger partial charge on any atom is 0.354 e. The van der Waals surface area contributed by atoms with Crippen molar-refractivity contribution in [3.8, 4) is 0 Å². The van der Waals surface area contributed by atoms with Crippen molar-refractivity contribution in [3.63, 3.8) is 0 Å². The van der Waals surface area contributed by atoms with Crippen LogP contribution in [0, 0.1) is 19.7 Å². The third-order valence-corrected chi connectivity index (χ3v) is 7.22. The first-order valence-electron chi connectivity index (χ1n) is 9.54. The number of hydrogen-bond acceptors (Lipinski definition) is 5. The van der Waals surface area contributed by atoms with E-state index in [-0.39, 0.29) is 17.1 Å². The highest BCUT2D eigenvalue weighted by Gasteiger charge is 2.36. The summed E-state index contributed by atoms with van der Waals surface area (Å²) in [6, 6.07) is 3.47. The van der Waals surface area contributed by atoms with Gasteiger partial charge < -0.3 is 9.30 Å². The van der Waals surface area contributed by atoms with Gasteiger partial charge in [-0.25, -0.2) is 17.6 Å². The molecule has 0 N–H and O–H groups in total. The predicted molar refractivity (Wildman–Crippen MR) is 111 cm³/mol. The van der Waals surface area contributed by atoms with Gasteiger partial charge in [0.05, 0.1) is 18.0 Å². The minimum absolute atomic E-state index is 0.0891. The van der Waals surface area contributed by atoms with Crippen molar-refractivity contribution in [2.24, 2.45) is 7.05 Å². The van der Waals surface area contributed by atoms with Crippen molar-refractivity contribution in [1.29, 1.82) is 0 Å². The first-order chi connectivity index (χ1) is 14.0. The Bertz CT molecular complexity index is 1060. The lowest BCUT2D eigenvalue weighted by molar-refractivity contribution is 0.0588. The second-order valence-corrected chi connectivity index (χ2v) is 8.99. The van der Waals surface area contributed by atoms with Gasteiger partial charge in [-0.15, -0.1) is 0 Å². The van der Waals surface area contributed by atoms with Crippen LogP contribution in [0.3, 0.4) is 0 Å². The number of sulfonamides is 1. The molecule has 0 fully saturated rings. The van der Waals surface area contributed by atoms with Crippen molar-refractivity contribution in [2.75, 3.05) is 13.7 Å². The van der Waals surface area contributed by atoms with Gasteiger partial charge >= 0.3 is 5.97 Å². The van der Waals surface area contributed by atoms with Gasteiger partial charge in [-0.3, -0.25) is 4.79 Å². The first-order valence-corrected chi connectivity index (χ1v) is 11.0. The van der Waals surface area contributed by atoms with Gasteiger partial charge in [-0.2, -0.15) is 4.31 Å². The van der Waals surface area contributed by atoms with Gasteiger partial charge in [-0.05, 0) is 57.0 Å². The van der Waals surface area contributed by atoms with Crippen LogP contribution in [0.15, 0.2) is 29.2 Å². The molecule has 1 aromatic carbocycles. The average molecular weight is 439 g/mol. The maximum absolute atomic E-state index is 13.4. The molecule has 0 aliphatic rings. The number of carbonyl (C=O) groups is 2. The Morgan fingerprint density at radius 1 is 1.20 bits per heavy atom. The summed E-state index contributed by atoms with van der Waals surface area (Å²) in [5.41, 5.74) is 1.52. The van der Waals surface area contributed by atoms with Gasteiger partial charge in [0, 0.05) is 24.8 Å². The predicted octanol–water partition coefficient (Wildman–Crippen LogP) is 3.24. The summed E-state index contributed by atoms with van der Waals surface area (Å²) in [5.74, 6) is -1.55. The Kier molecular flexibility index (Phi) is 7.20. The zero-order valence-electron chi connectivity index (χ0n) is 18.0. The zero-order valence-corrected chi connectivity index (χ0v) is 18.8. The molecule has 0 aliphatic heterocycles. The molecule has 30 heavy (non-hydrogen) atoms. The molecule has 9 heteroatoms. The Balaban J connectivity index is 2.53. The lowest BCUT2D eigenvalue weighted by Crippen LogP contribution is -2.44. The van der Waals surface area contributed by atoms with Crippen LogP contribution in [0.1, 0.15) is 52.4 Å². The molecule has 0 amide bonds. The monoisotopic (exact) mass is 438 g/mol. The number of rotatable bonds is 8. The standard InChI is InChI=1S/C21H27FN2O5S/c1-7-12-24(30(27,28)17-10-8-16(22)9-11-17)15(4)20(25)18-13(2)19(21(26)29-6)23(5)14(18)3/h8-11,15H,7,12H2,1-6H3/t15-/m0/s1. The molecule has 0 saturated carbocycles. The number of esters is 1. The SMILES string of the molecule is CCCN([C@@H](C)C(=O)c1c(C)c(C(=O)OC)n(C)c1C)S(=O)(=O)c1ccc(F)cc1. The molecule has 2 rings (SSSR count). The Morgan fingerprint density at radius 3 is 2.27 bits per heavy atom. The normalized spacial score (nSPS) is 12.8. The van der Waals surface area contributed by atoms with E-state index in [1.165, 1.54) is 26.2 Å². The van der Waals surface area contributed by atoms with E-state index in [0.29, 0.717) is 23.2 Å². The van der Waals surface area contributed by atoms with E-state index in [0.717, 1.165) is 16.4 Å². The number of Topliss-reactive ketones (excluding diaryl/α,β-unsaturated/α-hetero) is 1. The Morgan fingerprint density at radius 2 is 1.77 bits per heavy atom. The van der Waals surface area contributed by atoms with Gasteiger partial charge in [0.2, 0.25) is 10.0 Å².